The molecule has 3 rings (SSSR count). The fraction of sp³-hybridized carbons (Fsp3) is 0.238. The summed E-state index contributed by atoms with van der Waals surface area (Å²) in [5.74, 6) is 0.569. The molecule has 0 fully saturated rings. The van der Waals surface area contributed by atoms with E-state index in [-0.39, 0.29) is 17.6 Å². The van der Waals surface area contributed by atoms with Crippen molar-refractivity contribution >= 4 is 28.2 Å². The van der Waals surface area contributed by atoms with Crippen molar-refractivity contribution < 1.29 is 18.7 Å². The molecule has 7 heteroatoms. The summed E-state index contributed by atoms with van der Waals surface area (Å²) in [6.45, 7) is 4.71. The van der Waals surface area contributed by atoms with Gasteiger partial charge in [-0.05, 0) is 55.3 Å². The van der Waals surface area contributed by atoms with Gasteiger partial charge in [-0.1, -0.05) is 12.1 Å². The van der Waals surface area contributed by atoms with E-state index in [9.17, 15) is 9.59 Å². The van der Waals surface area contributed by atoms with Crippen LogP contribution in [0.25, 0.3) is 0 Å². The quantitative estimate of drug-likeness (QED) is 0.642. The Bertz CT molecular complexity index is 963. The van der Waals surface area contributed by atoms with Gasteiger partial charge in [0, 0.05) is 7.05 Å². The molecule has 1 N–H and O–H groups in total. The van der Waals surface area contributed by atoms with Crippen molar-refractivity contribution in [2.24, 2.45) is 0 Å². The van der Waals surface area contributed by atoms with Crippen LogP contribution >= 0.6 is 11.3 Å². The van der Waals surface area contributed by atoms with Crippen molar-refractivity contribution in [1.82, 2.24) is 4.90 Å². The normalized spacial score (nSPS) is 10.5. The Morgan fingerprint density at radius 3 is 2.71 bits per heavy atom. The van der Waals surface area contributed by atoms with Crippen LogP contribution in [0.3, 0.4) is 0 Å². The van der Waals surface area contributed by atoms with E-state index in [1.165, 1.54) is 17.6 Å². The monoisotopic (exact) mass is 398 g/mol. The summed E-state index contributed by atoms with van der Waals surface area (Å²) in [4.78, 5) is 27.0. The molecule has 3 aromatic rings. The molecule has 28 heavy (non-hydrogen) atoms. The Morgan fingerprint density at radius 1 is 1.18 bits per heavy atom. The molecule has 0 aliphatic heterocycles. The third-order valence-electron chi connectivity index (χ3n) is 4.13. The molecule has 6 nitrogen and oxygen atoms in total. The molecule has 0 aliphatic rings. The minimum atomic E-state index is -0.342. The average molecular weight is 398 g/mol. The lowest BCUT2D eigenvalue weighted by molar-refractivity contribution is 0.0777. The van der Waals surface area contributed by atoms with Crippen LogP contribution in [0.1, 0.15) is 31.4 Å². The van der Waals surface area contributed by atoms with E-state index in [0.29, 0.717) is 23.0 Å². The van der Waals surface area contributed by atoms with Gasteiger partial charge >= 0.3 is 0 Å². The highest BCUT2D eigenvalue weighted by Crippen LogP contribution is 2.28. The van der Waals surface area contributed by atoms with Gasteiger partial charge in [-0.15, -0.1) is 11.3 Å². The molecular weight excluding hydrogens is 376 g/mol. The number of likely N-dealkylation sites (N-methyl/N-ethyl adjacent to an activating group) is 1. The number of amides is 2. The number of hydrogen-bond acceptors (Lipinski definition) is 5. The number of rotatable bonds is 7. The van der Waals surface area contributed by atoms with Crippen LogP contribution in [0.2, 0.25) is 0 Å². The standard InChI is InChI=1S/C21H22N2O4S/c1-14-6-4-7-16(12-14)26-11-9-23(3)21(25)19-15(2)13-18(28-19)22-20(24)17-8-5-10-27-17/h4-8,10,12-13H,9,11H2,1-3H3,(H,22,24). The molecular formula is C21H22N2O4S. The molecule has 0 saturated heterocycles. The summed E-state index contributed by atoms with van der Waals surface area (Å²) in [6, 6.07) is 12.8. The Hall–Kier alpha value is -3.06. The Kier molecular flexibility index (Phi) is 6.16. The van der Waals surface area contributed by atoms with Gasteiger partial charge in [0.2, 0.25) is 0 Å². The number of benzene rings is 1. The van der Waals surface area contributed by atoms with Crippen molar-refractivity contribution in [3.05, 3.63) is 70.5 Å². The van der Waals surface area contributed by atoms with E-state index < -0.39 is 0 Å². The van der Waals surface area contributed by atoms with Crippen LogP contribution < -0.4 is 10.1 Å². The molecule has 0 aliphatic carbocycles. The van der Waals surface area contributed by atoms with E-state index >= 15 is 0 Å². The largest absolute Gasteiger partial charge is 0.492 e. The third kappa shape index (κ3) is 4.80. The van der Waals surface area contributed by atoms with Gasteiger partial charge < -0.3 is 19.4 Å². The lowest BCUT2D eigenvalue weighted by Gasteiger charge is -2.17. The summed E-state index contributed by atoms with van der Waals surface area (Å²) < 4.78 is 10.8. The Balaban J connectivity index is 1.57. The number of aryl methyl sites for hydroxylation is 2. The van der Waals surface area contributed by atoms with E-state index in [0.717, 1.165) is 16.9 Å². The summed E-state index contributed by atoms with van der Waals surface area (Å²) in [7, 11) is 1.74. The van der Waals surface area contributed by atoms with Crippen LogP contribution in [0, 0.1) is 13.8 Å². The van der Waals surface area contributed by atoms with Crippen LogP contribution in [-0.2, 0) is 0 Å². The first-order valence-corrected chi connectivity index (χ1v) is 9.66. The SMILES string of the molecule is Cc1cccc(OCCN(C)C(=O)c2sc(NC(=O)c3ccco3)cc2C)c1. The zero-order chi connectivity index (χ0) is 20.1. The minimum Gasteiger partial charge on any atom is -0.492 e. The molecule has 0 spiro atoms. The molecule has 0 unspecified atom stereocenters. The average Bonchev–Trinajstić information content (AvgIpc) is 3.31. The van der Waals surface area contributed by atoms with Crippen molar-refractivity contribution in [1.29, 1.82) is 0 Å². The van der Waals surface area contributed by atoms with Crippen molar-refractivity contribution in [3.8, 4) is 5.75 Å². The van der Waals surface area contributed by atoms with Crippen molar-refractivity contribution in [3.63, 3.8) is 0 Å². The van der Waals surface area contributed by atoms with Gasteiger partial charge in [-0.3, -0.25) is 9.59 Å². The topological polar surface area (TPSA) is 71.8 Å². The zero-order valence-electron chi connectivity index (χ0n) is 16.0. The number of carbonyl (C=O) groups is 2. The minimum absolute atomic E-state index is 0.103. The number of hydrogen-bond donors (Lipinski definition) is 1. The second-order valence-corrected chi connectivity index (χ2v) is 7.50. The maximum Gasteiger partial charge on any atom is 0.291 e. The van der Waals surface area contributed by atoms with Gasteiger partial charge in [-0.25, -0.2) is 0 Å². The molecule has 0 radical (unpaired) electrons. The van der Waals surface area contributed by atoms with Crippen LogP contribution in [0.4, 0.5) is 5.00 Å². The van der Waals surface area contributed by atoms with E-state index in [1.54, 1.807) is 30.1 Å². The summed E-state index contributed by atoms with van der Waals surface area (Å²) in [5.41, 5.74) is 1.94. The number of nitrogens with zero attached hydrogens (tertiary/aromatic N) is 1. The Labute approximate surface area is 167 Å². The summed E-state index contributed by atoms with van der Waals surface area (Å²) >= 11 is 1.25. The second-order valence-electron chi connectivity index (χ2n) is 6.45. The predicted molar refractivity (Wildman–Crippen MR) is 109 cm³/mol. The smallest absolute Gasteiger partial charge is 0.291 e. The van der Waals surface area contributed by atoms with E-state index in [1.807, 2.05) is 38.1 Å². The maximum absolute atomic E-state index is 12.7. The van der Waals surface area contributed by atoms with Crippen molar-refractivity contribution in [2.45, 2.75) is 13.8 Å². The highest BCUT2D eigenvalue weighted by Gasteiger charge is 2.19. The number of furan rings is 1. The number of anilines is 1. The first-order chi connectivity index (χ1) is 13.4. The fourth-order valence-electron chi connectivity index (χ4n) is 2.62. The van der Waals surface area contributed by atoms with Crippen molar-refractivity contribution in [2.75, 3.05) is 25.5 Å². The predicted octanol–water partition coefficient (Wildman–Crippen LogP) is 4.36. The van der Waals surface area contributed by atoms with Gasteiger partial charge in [0.15, 0.2) is 5.76 Å². The summed E-state index contributed by atoms with van der Waals surface area (Å²) in [6.07, 6.45) is 1.44. The highest BCUT2D eigenvalue weighted by molar-refractivity contribution is 7.18. The molecule has 0 saturated carbocycles. The number of nitrogens with one attached hydrogen (secondary N) is 1. The number of carbonyl (C=O) groups excluding carboxylic acids is 2. The first-order valence-electron chi connectivity index (χ1n) is 8.84. The molecule has 1 aromatic carbocycles. The van der Waals surface area contributed by atoms with Gasteiger partial charge in [-0.2, -0.15) is 0 Å². The number of thiophene rings is 1. The zero-order valence-corrected chi connectivity index (χ0v) is 16.8. The van der Waals surface area contributed by atoms with Gasteiger partial charge in [0.1, 0.15) is 12.4 Å². The van der Waals surface area contributed by atoms with Gasteiger partial charge in [0.05, 0.1) is 22.7 Å². The molecule has 2 aromatic heterocycles. The molecule has 146 valence electrons. The Morgan fingerprint density at radius 2 is 2.00 bits per heavy atom. The molecule has 2 heterocycles. The third-order valence-corrected chi connectivity index (χ3v) is 5.27. The lowest BCUT2D eigenvalue weighted by Crippen LogP contribution is -2.30. The molecule has 0 bridgehead atoms. The van der Waals surface area contributed by atoms with Gasteiger partial charge in [0.25, 0.3) is 11.8 Å². The van der Waals surface area contributed by atoms with Crippen LogP contribution in [0.5, 0.6) is 5.75 Å². The second kappa shape index (κ2) is 8.75. The van der Waals surface area contributed by atoms with E-state index in [2.05, 4.69) is 5.32 Å². The van der Waals surface area contributed by atoms with Crippen LogP contribution in [0.15, 0.2) is 53.1 Å². The van der Waals surface area contributed by atoms with Crippen LogP contribution in [-0.4, -0.2) is 36.9 Å². The molecule has 2 amide bonds. The maximum atomic E-state index is 12.7. The highest BCUT2D eigenvalue weighted by atomic mass is 32.1. The van der Waals surface area contributed by atoms with E-state index in [4.69, 9.17) is 9.15 Å². The lowest BCUT2D eigenvalue weighted by atomic mass is 10.2. The number of ether oxygens (including phenoxy) is 1. The first kappa shape index (κ1) is 19.7. The fourth-order valence-corrected chi connectivity index (χ4v) is 3.68. The molecule has 0 atom stereocenters. The summed E-state index contributed by atoms with van der Waals surface area (Å²) in [5, 5.41) is 3.36.